The smallest absolute Gasteiger partial charge is 0.273 e. The Morgan fingerprint density at radius 3 is 2.71 bits per heavy atom. The molecule has 0 unspecified atom stereocenters. The van der Waals surface area contributed by atoms with Crippen LogP contribution in [0.1, 0.15) is 6.92 Å². The SMILES string of the molecule is COc1cc([N+](=O)[O-])ccc1NC(=O)[C@H](C)N. The number of nitrogens with zero attached hydrogens (tertiary/aromatic N) is 1. The molecular weight excluding hydrogens is 226 g/mol. The number of carbonyl (C=O) groups is 1. The monoisotopic (exact) mass is 239 g/mol. The lowest BCUT2D eigenvalue weighted by molar-refractivity contribution is -0.384. The maximum atomic E-state index is 11.4. The number of hydrogen-bond acceptors (Lipinski definition) is 5. The van der Waals surface area contributed by atoms with Gasteiger partial charge in [-0.1, -0.05) is 0 Å². The van der Waals surface area contributed by atoms with Gasteiger partial charge in [0.2, 0.25) is 5.91 Å². The van der Waals surface area contributed by atoms with E-state index in [1.807, 2.05) is 0 Å². The first-order valence-electron chi connectivity index (χ1n) is 4.84. The van der Waals surface area contributed by atoms with Crippen molar-refractivity contribution in [3.05, 3.63) is 28.3 Å². The third-order valence-corrected chi connectivity index (χ3v) is 2.07. The zero-order chi connectivity index (χ0) is 13.0. The maximum Gasteiger partial charge on any atom is 0.273 e. The van der Waals surface area contributed by atoms with E-state index >= 15 is 0 Å². The van der Waals surface area contributed by atoms with Crippen LogP contribution in [0, 0.1) is 10.1 Å². The molecule has 0 bridgehead atoms. The molecule has 0 aromatic heterocycles. The molecule has 3 N–H and O–H groups in total. The lowest BCUT2D eigenvalue weighted by atomic mass is 10.2. The van der Waals surface area contributed by atoms with Gasteiger partial charge in [0.15, 0.2) is 0 Å². The summed E-state index contributed by atoms with van der Waals surface area (Å²) in [5.41, 5.74) is 5.63. The van der Waals surface area contributed by atoms with Crippen LogP contribution in [0.4, 0.5) is 11.4 Å². The number of nitro benzene ring substituents is 1. The minimum atomic E-state index is -0.671. The number of amides is 1. The molecule has 0 spiro atoms. The predicted octanol–water partition coefficient (Wildman–Crippen LogP) is 0.889. The van der Waals surface area contributed by atoms with Crippen molar-refractivity contribution in [3.63, 3.8) is 0 Å². The largest absolute Gasteiger partial charge is 0.494 e. The summed E-state index contributed by atoms with van der Waals surface area (Å²) in [7, 11) is 1.36. The molecule has 17 heavy (non-hydrogen) atoms. The van der Waals surface area contributed by atoms with Crippen molar-refractivity contribution >= 4 is 17.3 Å². The Kier molecular flexibility index (Phi) is 4.00. The van der Waals surface area contributed by atoms with Crippen molar-refractivity contribution in [1.29, 1.82) is 0 Å². The lowest BCUT2D eigenvalue weighted by Gasteiger charge is -2.11. The lowest BCUT2D eigenvalue weighted by Crippen LogP contribution is -2.32. The number of nitrogens with one attached hydrogen (secondary N) is 1. The van der Waals surface area contributed by atoms with Gasteiger partial charge in [0, 0.05) is 6.07 Å². The maximum absolute atomic E-state index is 11.4. The van der Waals surface area contributed by atoms with Crippen LogP contribution in [0.15, 0.2) is 18.2 Å². The van der Waals surface area contributed by atoms with Crippen molar-refractivity contribution < 1.29 is 14.5 Å². The summed E-state index contributed by atoms with van der Waals surface area (Å²) in [6.07, 6.45) is 0. The van der Waals surface area contributed by atoms with E-state index in [9.17, 15) is 14.9 Å². The molecule has 92 valence electrons. The summed E-state index contributed by atoms with van der Waals surface area (Å²) in [6, 6.07) is 3.24. The van der Waals surface area contributed by atoms with Gasteiger partial charge in [0.05, 0.1) is 29.8 Å². The third kappa shape index (κ3) is 3.15. The van der Waals surface area contributed by atoms with Crippen LogP contribution in [0.25, 0.3) is 0 Å². The fraction of sp³-hybridized carbons (Fsp3) is 0.300. The number of anilines is 1. The molecule has 7 heteroatoms. The van der Waals surface area contributed by atoms with Crippen molar-refractivity contribution in [3.8, 4) is 5.75 Å². The first-order chi connectivity index (χ1) is 7.95. The molecule has 0 saturated heterocycles. The fourth-order valence-electron chi connectivity index (χ4n) is 1.14. The van der Waals surface area contributed by atoms with Crippen LogP contribution in [0.3, 0.4) is 0 Å². The van der Waals surface area contributed by atoms with E-state index in [1.54, 1.807) is 0 Å². The summed E-state index contributed by atoms with van der Waals surface area (Å²) in [4.78, 5) is 21.4. The first kappa shape index (κ1) is 12.9. The molecule has 1 atom stereocenters. The molecule has 0 aliphatic heterocycles. The molecular formula is C10H13N3O4. The number of methoxy groups -OCH3 is 1. The average molecular weight is 239 g/mol. The van der Waals surface area contributed by atoms with E-state index in [4.69, 9.17) is 10.5 Å². The van der Waals surface area contributed by atoms with Gasteiger partial charge in [0.25, 0.3) is 5.69 Å². The second-order valence-corrected chi connectivity index (χ2v) is 3.42. The van der Waals surface area contributed by atoms with E-state index in [2.05, 4.69) is 5.32 Å². The normalized spacial score (nSPS) is 11.7. The number of rotatable bonds is 4. The minimum Gasteiger partial charge on any atom is -0.494 e. The molecule has 1 rings (SSSR count). The summed E-state index contributed by atoms with van der Waals surface area (Å²) in [5.74, 6) is -0.176. The quantitative estimate of drug-likeness (QED) is 0.599. The topological polar surface area (TPSA) is 107 Å². The molecule has 0 fully saturated rings. The van der Waals surface area contributed by atoms with Crippen molar-refractivity contribution in [2.45, 2.75) is 13.0 Å². The molecule has 0 aliphatic rings. The highest BCUT2D eigenvalue weighted by atomic mass is 16.6. The molecule has 7 nitrogen and oxygen atoms in total. The molecule has 0 saturated carbocycles. The highest BCUT2D eigenvalue weighted by Gasteiger charge is 2.14. The van der Waals surface area contributed by atoms with Crippen LogP contribution in [0.2, 0.25) is 0 Å². The second kappa shape index (κ2) is 5.26. The van der Waals surface area contributed by atoms with E-state index in [1.165, 1.54) is 32.2 Å². The first-order valence-corrected chi connectivity index (χ1v) is 4.84. The summed E-state index contributed by atoms with van der Waals surface area (Å²) >= 11 is 0. The highest BCUT2D eigenvalue weighted by Crippen LogP contribution is 2.28. The Morgan fingerprint density at radius 1 is 1.59 bits per heavy atom. The number of benzene rings is 1. The molecule has 0 aliphatic carbocycles. The summed E-state index contributed by atoms with van der Waals surface area (Å²) in [5, 5.41) is 13.1. The molecule has 0 heterocycles. The molecule has 1 amide bonds. The van der Waals surface area contributed by atoms with Gasteiger partial charge in [-0.2, -0.15) is 0 Å². The van der Waals surface area contributed by atoms with E-state index < -0.39 is 16.9 Å². The van der Waals surface area contributed by atoms with Crippen LogP contribution < -0.4 is 15.8 Å². The molecule has 0 radical (unpaired) electrons. The van der Waals surface area contributed by atoms with Crippen LogP contribution in [-0.4, -0.2) is 24.0 Å². The Balaban J connectivity index is 3.01. The Hall–Kier alpha value is -2.15. The minimum absolute atomic E-state index is 0.111. The predicted molar refractivity (Wildman–Crippen MR) is 61.9 cm³/mol. The second-order valence-electron chi connectivity index (χ2n) is 3.42. The van der Waals surface area contributed by atoms with Gasteiger partial charge >= 0.3 is 0 Å². The van der Waals surface area contributed by atoms with Crippen molar-refractivity contribution in [2.24, 2.45) is 5.73 Å². The standard InChI is InChI=1S/C10H13N3O4/c1-6(11)10(14)12-8-4-3-7(13(15)16)5-9(8)17-2/h3-6H,11H2,1-2H3,(H,12,14)/t6-/m0/s1. The Labute approximate surface area is 97.7 Å². The van der Waals surface area contributed by atoms with Crippen molar-refractivity contribution in [1.82, 2.24) is 0 Å². The van der Waals surface area contributed by atoms with Crippen LogP contribution >= 0.6 is 0 Å². The van der Waals surface area contributed by atoms with Gasteiger partial charge in [-0.15, -0.1) is 0 Å². The average Bonchev–Trinajstić information content (AvgIpc) is 2.28. The van der Waals surface area contributed by atoms with Gasteiger partial charge in [0.1, 0.15) is 5.75 Å². The van der Waals surface area contributed by atoms with E-state index in [-0.39, 0.29) is 11.4 Å². The van der Waals surface area contributed by atoms with Gasteiger partial charge in [-0.3, -0.25) is 14.9 Å². The highest BCUT2D eigenvalue weighted by molar-refractivity contribution is 5.95. The number of carbonyl (C=O) groups excluding carboxylic acids is 1. The number of non-ortho nitro benzene ring substituents is 1. The summed E-state index contributed by atoms with van der Waals surface area (Å²) < 4.78 is 4.96. The van der Waals surface area contributed by atoms with Gasteiger partial charge in [-0.05, 0) is 13.0 Å². The zero-order valence-corrected chi connectivity index (χ0v) is 9.47. The number of hydrogen-bond donors (Lipinski definition) is 2. The zero-order valence-electron chi connectivity index (χ0n) is 9.47. The van der Waals surface area contributed by atoms with E-state index in [0.717, 1.165) is 0 Å². The Bertz CT molecular complexity index is 445. The number of nitrogens with two attached hydrogens (primary N) is 1. The third-order valence-electron chi connectivity index (χ3n) is 2.07. The van der Waals surface area contributed by atoms with Crippen LogP contribution in [-0.2, 0) is 4.79 Å². The van der Waals surface area contributed by atoms with Crippen molar-refractivity contribution in [2.75, 3.05) is 12.4 Å². The van der Waals surface area contributed by atoms with Crippen LogP contribution in [0.5, 0.6) is 5.75 Å². The number of ether oxygens (including phenoxy) is 1. The molecule has 1 aromatic rings. The molecule has 1 aromatic carbocycles. The summed E-state index contributed by atoms with van der Waals surface area (Å²) in [6.45, 7) is 1.53. The number of nitro groups is 1. The Morgan fingerprint density at radius 2 is 2.24 bits per heavy atom. The van der Waals surface area contributed by atoms with E-state index in [0.29, 0.717) is 5.69 Å². The van der Waals surface area contributed by atoms with Gasteiger partial charge < -0.3 is 15.8 Å². The van der Waals surface area contributed by atoms with Gasteiger partial charge in [-0.25, -0.2) is 0 Å². The fourth-order valence-corrected chi connectivity index (χ4v) is 1.14.